The molecule has 0 unspecified atom stereocenters. The molecule has 3 rings (SSSR count). The number of halogens is 1. The molecule has 2 aliphatic rings. The number of imide groups is 1. The van der Waals surface area contributed by atoms with Gasteiger partial charge in [-0.25, -0.2) is 9.78 Å². The Kier molecular flexibility index (Phi) is 3.61. The molecular formula is C15H18ClN3O2. The predicted octanol–water partition coefficient (Wildman–Crippen LogP) is 2.74. The molecule has 21 heavy (non-hydrogen) atoms. The zero-order valence-corrected chi connectivity index (χ0v) is 12.7. The third-order valence-electron chi connectivity index (χ3n) is 4.54. The Labute approximate surface area is 128 Å². The summed E-state index contributed by atoms with van der Waals surface area (Å²) in [5, 5.41) is 3.23. The standard InChI is InChI=1S/C15H18ClN3O2/c1-10-4-6-15(7-5-10)13(20)19(14(21)18-15)9-11-3-2-8-17-12(11)16/h2-3,8,10H,4-7,9H2,1H3,(H,18,21). The molecule has 0 radical (unpaired) electrons. The van der Waals surface area contributed by atoms with E-state index in [1.54, 1.807) is 18.3 Å². The van der Waals surface area contributed by atoms with Gasteiger partial charge in [0.15, 0.2) is 0 Å². The molecule has 1 aromatic heterocycles. The van der Waals surface area contributed by atoms with Crippen LogP contribution >= 0.6 is 11.6 Å². The van der Waals surface area contributed by atoms with Crippen molar-refractivity contribution in [2.75, 3.05) is 0 Å². The zero-order chi connectivity index (χ0) is 15.0. The molecule has 0 aromatic carbocycles. The van der Waals surface area contributed by atoms with Gasteiger partial charge < -0.3 is 5.32 Å². The van der Waals surface area contributed by atoms with E-state index in [1.165, 1.54) is 4.90 Å². The van der Waals surface area contributed by atoms with Crippen LogP contribution in [0, 0.1) is 5.92 Å². The molecule has 6 heteroatoms. The number of carbonyl (C=O) groups excluding carboxylic acids is 2. The molecular weight excluding hydrogens is 290 g/mol. The highest BCUT2D eigenvalue weighted by atomic mass is 35.5. The van der Waals surface area contributed by atoms with E-state index in [4.69, 9.17) is 11.6 Å². The van der Waals surface area contributed by atoms with Gasteiger partial charge in [-0.15, -0.1) is 0 Å². The third kappa shape index (κ3) is 2.50. The topological polar surface area (TPSA) is 62.3 Å². The van der Waals surface area contributed by atoms with Crippen LogP contribution in [0.25, 0.3) is 0 Å². The van der Waals surface area contributed by atoms with Crippen molar-refractivity contribution in [3.8, 4) is 0 Å². The summed E-state index contributed by atoms with van der Waals surface area (Å²) in [5.74, 6) is 0.487. The predicted molar refractivity (Wildman–Crippen MR) is 78.7 cm³/mol. The van der Waals surface area contributed by atoms with Crippen LogP contribution in [0.1, 0.15) is 38.2 Å². The Balaban J connectivity index is 1.80. The van der Waals surface area contributed by atoms with E-state index in [2.05, 4.69) is 17.2 Å². The number of amides is 3. The number of hydrogen-bond acceptors (Lipinski definition) is 3. The molecule has 1 spiro atoms. The van der Waals surface area contributed by atoms with Crippen LogP contribution in [0.2, 0.25) is 5.15 Å². The SMILES string of the molecule is CC1CCC2(CC1)NC(=O)N(Cc1cccnc1Cl)C2=O. The maximum absolute atomic E-state index is 12.7. The molecule has 2 heterocycles. The van der Waals surface area contributed by atoms with Gasteiger partial charge in [-0.05, 0) is 37.7 Å². The van der Waals surface area contributed by atoms with Gasteiger partial charge in [-0.2, -0.15) is 0 Å². The second kappa shape index (κ2) is 5.30. The summed E-state index contributed by atoms with van der Waals surface area (Å²) in [5.41, 5.74) is -0.0120. The van der Waals surface area contributed by atoms with Crippen LogP contribution in [0.15, 0.2) is 18.3 Å². The van der Waals surface area contributed by atoms with Gasteiger partial charge in [0.05, 0.1) is 6.54 Å². The van der Waals surface area contributed by atoms with E-state index in [-0.39, 0.29) is 18.5 Å². The van der Waals surface area contributed by atoms with Crippen LogP contribution in [0.5, 0.6) is 0 Å². The first-order valence-corrected chi connectivity index (χ1v) is 7.63. The minimum absolute atomic E-state index is 0.126. The van der Waals surface area contributed by atoms with Crippen molar-refractivity contribution >= 4 is 23.5 Å². The van der Waals surface area contributed by atoms with Crippen molar-refractivity contribution in [2.45, 2.75) is 44.7 Å². The molecule has 112 valence electrons. The van der Waals surface area contributed by atoms with Crippen LogP contribution in [0.3, 0.4) is 0 Å². The lowest BCUT2D eigenvalue weighted by Crippen LogP contribution is -2.49. The van der Waals surface area contributed by atoms with E-state index in [9.17, 15) is 9.59 Å². The van der Waals surface area contributed by atoms with E-state index in [1.807, 2.05) is 0 Å². The van der Waals surface area contributed by atoms with Crippen LogP contribution < -0.4 is 5.32 Å². The fraction of sp³-hybridized carbons (Fsp3) is 0.533. The number of rotatable bonds is 2. The molecule has 1 N–H and O–H groups in total. The lowest BCUT2D eigenvalue weighted by molar-refractivity contribution is -0.133. The molecule has 2 fully saturated rings. The van der Waals surface area contributed by atoms with Crippen molar-refractivity contribution in [3.63, 3.8) is 0 Å². The van der Waals surface area contributed by atoms with Gasteiger partial charge >= 0.3 is 6.03 Å². The molecule has 1 aliphatic carbocycles. The lowest BCUT2D eigenvalue weighted by atomic mass is 9.77. The fourth-order valence-corrected chi connectivity index (χ4v) is 3.30. The number of hydrogen-bond donors (Lipinski definition) is 1. The zero-order valence-electron chi connectivity index (χ0n) is 11.9. The first kappa shape index (κ1) is 14.3. The third-order valence-corrected chi connectivity index (χ3v) is 4.88. The summed E-state index contributed by atoms with van der Waals surface area (Å²) < 4.78 is 0. The van der Waals surface area contributed by atoms with Gasteiger partial charge in [0, 0.05) is 11.8 Å². The Morgan fingerprint density at radius 1 is 1.43 bits per heavy atom. The van der Waals surface area contributed by atoms with Crippen LogP contribution in [0.4, 0.5) is 4.79 Å². The fourth-order valence-electron chi connectivity index (χ4n) is 3.12. The van der Waals surface area contributed by atoms with Crippen molar-refractivity contribution in [3.05, 3.63) is 29.0 Å². The maximum atomic E-state index is 12.7. The number of pyridine rings is 1. The van der Waals surface area contributed by atoms with E-state index >= 15 is 0 Å². The molecule has 5 nitrogen and oxygen atoms in total. The van der Waals surface area contributed by atoms with Crippen molar-refractivity contribution in [2.24, 2.45) is 5.92 Å². The summed E-state index contributed by atoms with van der Waals surface area (Å²) in [6.45, 7) is 2.36. The summed E-state index contributed by atoms with van der Waals surface area (Å²) in [7, 11) is 0. The van der Waals surface area contributed by atoms with Gasteiger partial charge in [0.2, 0.25) is 0 Å². The van der Waals surface area contributed by atoms with Crippen LogP contribution in [-0.2, 0) is 11.3 Å². The molecule has 1 saturated heterocycles. The minimum Gasteiger partial charge on any atom is -0.323 e. The smallest absolute Gasteiger partial charge is 0.323 e. The van der Waals surface area contributed by atoms with Crippen molar-refractivity contribution in [1.29, 1.82) is 0 Å². The number of carbonyl (C=O) groups is 2. The highest BCUT2D eigenvalue weighted by molar-refractivity contribution is 6.30. The van der Waals surface area contributed by atoms with E-state index in [0.29, 0.717) is 16.6 Å². The molecule has 3 amide bonds. The van der Waals surface area contributed by atoms with Gasteiger partial charge in [0.1, 0.15) is 10.7 Å². The van der Waals surface area contributed by atoms with E-state index in [0.717, 1.165) is 25.7 Å². The number of urea groups is 1. The average Bonchev–Trinajstić information content (AvgIpc) is 2.69. The van der Waals surface area contributed by atoms with Crippen LogP contribution in [-0.4, -0.2) is 27.4 Å². The summed E-state index contributed by atoms with van der Waals surface area (Å²) in [6, 6.07) is 3.20. The molecule has 1 aromatic rings. The number of aromatic nitrogens is 1. The van der Waals surface area contributed by atoms with Gasteiger partial charge in [0.25, 0.3) is 5.91 Å². The Bertz CT molecular complexity index is 582. The minimum atomic E-state index is -0.696. The maximum Gasteiger partial charge on any atom is 0.325 e. The largest absolute Gasteiger partial charge is 0.325 e. The first-order valence-electron chi connectivity index (χ1n) is 7.25. The lowest BCUT2D eigenvalue weighted by Gasteiger charge is -2.33. The normalized spacial score (nSPS) is 29.0. The summed E-state index contributed by atoms with van der Waals surface area (Å²) in [6.07, 6.45) is 4.95. The van der Waals surface area contributed by atoms with Gasteiger partial charge in [-0.3, -0.25) is 9.69 Å². The number of nitrogens with zero attached hydrogens (tertiary/aromatic N) is 2. The second-order valence-corrected chi connectivity index (χ2v) is 6.40. The van der Waals surface area contributed by atoms with E-state index < -0.39 is 5.54 Å². The number of nitrogens with one attached hydrogen (secondary N) is 1. The quantitative estimate of drug-likeness (QED) is 0.675. The van der Waals surface area contributed by atoms with Crippen molar-refractivity contribution < 1.29 is 9.59 Å². The second-order valence-electron chi connectivity index (χ2n) is 6.04. The summed E-state index contributed by atoms with van der Waals surface area (Å²) >= 11 is 6.01. The van der Waals surface area contributed by atoms with Gasteiger partial charge in [-0.1, -0.05) is 24.6 Å². The molecule has 0 atom stereocenters. The molecule has 1 aliphatic heterocycles. The Hall–Kier alpha value is -1.62. The summed E-state index contributed by atoms with van der Waals surface area (Å²) in [4.78, 5) is 30.1. The van der Waals surface area contributed by atoms with Crippen molar-refractivity contribution in [1.82, 2.24) is 15.2 Å². The highest BCUT2D eigenvalue weighted by Crippen LogP contribution is 2.36. The Morgan fingerprint density at radius 3 is 2.81 bits per heavy atom. The first-order chi connectivity index (χ1) is 10.0. The highest BCUT2D eigenvalue weighted by Gasteiger charge is 2.51. The monoisotopic (exact) mass is 307 g/mol. The molecule has 0 bridgehead atoms. The average molecular weight is 308 g/mol. The Morgan fingerprint density at radius 2 is 2.14 bits per heavy atom. The molecule has 1 saturated carbocycles.